The average molecular weight is 535 g/mol. The number of pyridine rings is 1. The molecule has 5 aromatic rings. The largest absolute Gasteiger partial charge is 0.457 e. The van der Waals surface area contributed by atoms with Crippen LogP contribution >= 0.6 is 39.1 Å². The van der Waals surface area contributed by atoms with E-state index in [-0.39, 0.29) is 0 Å². The molecule has 4 aromatic carbocycles. The number of benzene rings is 4. The van der Waals surface area contributed by atoms with Gasteiger partial charge < -0.3 is 4.74 Å². The number of fused-ring (bicyclic) bond motifs is 1. The SMILES string of the molecule is Clc1cc(Br)cc(Oc2cccc(-c3c(Cc4ccccc4)cnc4c(Cl)cccc34)c2)c1. The molecule has 2 nitrogen and oxygen atoms in total. The van der Waals surface area contributed by atoms with E-state index in [2.05, 4.69) is 57.3 Å². The normalized spacial score (nSPS) is 11.0. The van der Waals surface area contributed by atoms with Gasteiger partial charge in [-0.2, -0.15) is 0 Å². The van der Waals surface area contributed by atoms with E-state index in [0.29, 0.717) is 15.8 Å². The summed E-state index contributed by atoms with van der Waals surface area (Å²) in [6, 6.07) is 29.9. The monoisotopic (exact) mass is 533 g/mol. The molecule has 0 atom stereocenters. The van der Waals surface area contributed by atoms with Crippen LogP contribution in [0.25, 0.3) is 22.0 Å². The van der Waals surface area contributed by atoms with Crippen molar-refractivity contribution < 1.29 is 4.74 Å². The van der Waals surface area contributed by atoms with Crippen molar-refractivity contribution in [3.63, 3.8) is 0 Å². The lowest BCUT2D eigenvalue weighted by Gasteiger charge is -2.15. The van der Waals surface area contributed by atoms with Gasteiger partial charge in [-0.15, -0.1) is 0 Å². The molecular weight excluding hydrogens is 517 g/mol. The Bertz CT molecular complexity index is 1430. The number of nitrogens with zero attached hydrogens (tertiary/aromatic N) is 1. The lowest BCUT2D eigenvalue weighted by molar-refractivity contribution is 0.482. The molecule has 0 spiro atoms. The van der Waals surface area contributed by atoms with Gasteiger partial charge >= 0.3 is 0 Å². The van der Waals surface area contributed by atoms with Crippen LogP contribution in [-0.2, 0) is 6.42 Å². The molecule has 5 heteroatoms. The highest BCUT2D eigenvalue weighted by Crippen LogP contribution is 2.37. The molecule has 0 aliphatic carbocycles. The minimum atomic E-state index is 0.607. The van der Waals surface area contributed by atoms with Crippen molar-refractivity contribution in [1.29, 1.82) is 0 Å². The fourth-order valence-corrected chi connectivity index (χ4v) is 5.01. The second-order valence-corrected chi connectivity index (χ2v) is 9.45. The fourth-order valence-electron chi connectivity index (χ4n) is 3.96. The van der Waals surface area contributed by atoms with Gasteiger partial charge in [0.1, 0.15) is 11.5 Å². The molecule has 0 fully saturated rings. The van der Waals surface area contributed by atoms with Crippen molar-refractivity contribution in [1.82, 2.24) is 4.98 Å². The molecule has 0 unspecified atom stereocenters. The zero-order valence-electron chi connectivity index (χ0n) is 17.4. The molecule has 0 saturated carbocycles. The lowest BCUT2D eigenvalue weighted by Crippen LogP contribution is -1.97. The summed E-state index contributed by atoms with van der Waals surface area (Å²) in [6.45, 7) is 0. The van der Waals surface area contributed by atoms with Crippen LogP contribution < -0.4 is 4.74 Å². The minimum Gasteiger partial charge on any atom is -0.457 e. The Hall–Kier alpha value is -2.85. The Kier molecular flexibility index (Phi) is 6.37. The summed E-state index contributed by atoms with van der Waals surface area (Å²) in [4.78, 5) is 4.69. The Morgan fingerprint density at radius 3 is 2.42 bits per heavy atom. The number of ether oxygens (including phenoxy) is 1. The Morgan fingerprint density at radius 1 is 0.788 bits per heavy atom. The number of rotatable bonds is 5. The van der Waals surface area contributed by atoms with Gasteiger partial charge in [-0.1, -0.05) is 93.7 Å². The number of hydrogen-bond donors (Lipinski definition) is 0. The first kappa shape index (κ1) is 22.0. The molecule has 0 saturated heterocycles. The molecule has 0 bridgehead atoms. The Balaban J connectivity index is 1.63. The van der Waals surface area contributed by atoms with Crippen molar-refractivity contribution in [2.75, 3.05) is 0 Å². The van der Waals surface area contributed by atoms with Crippen molar-refractivity contribution >= 4 is 50.0 Å². The lowest BCUT2D eigenvalue weighted by atomic mass is 9.93. The van der Waals surface area contributed by atoms with E-state index >= 15 is 0 Å². The molecule has 0 aliphatic rings. The second-order valence-electron chi connectivity index (χ2n) is 7.69. The first-order chi connectivity index (χ1) is 16.1. The first-order valence-electron chi connectivity index (χ1n) is 10.4. The van der Waals surface area contributed by atoms with Gasteiger partial charge in [-0.05, 0) is 65.1 Å². The quantitative estimate of drug-likeness (QED) is 0.224. The first-order valence-corrected chi connectivity index (χ1v) is 12.0. The summed E-state index contributed by atoms with van der Waals surface area (Å²) in [5.41, 5.74) is 5.27. The summed E-state index contributed by atoms with van der Waals surface area (Å²) >= 11 is 16.2. The van der Waals surface area contributed by atoms with Gasteiger partial charge in [0.05, 0.1) is 10.5 Å². The number of hydrogen-bond acceptors (Lipinski definition) is 2. The Labute approximate surface area is 210 Å². The fraction of sp³-hybridized carbons (Fsp3) is 0.0357. The van der Waals surface area contributed by atoms with E-state index in [0.717, 1.165) is 44.2 Å². The van der Waals surface area contributed by atoms with Crippen LogP contribution in [0.1, 0.15) is 11.1 Å². The third kappa shape index (κ3) is 4.91. The molecule has 0 amide bonds. The number of aromatic nitrogens is 1. The predicted octanol–water partition coefficient (Wildman–Crippen LogP) is 9.35. The topological polar surface area (TPSA) is 22.1 Å². The van der Waals surface area contributed by atoms with Crippen LogP contribution in [0.2, 0.25) is 10.0 Å². The van der Waals surface area contributed by atoms with Gasteiger partial charge in [-0.25, -0.2) is 0 Å². The van der Waals surface area contributed by atoms with Crippen molar-refractivity contribution in [3.8, 4) is 22.6 Å². The molecule has 1 aromatic heterocycles. The van der Waals surface area contributed by atoms with Crippen LogP contribution in [0.15, 0.2) is 102 Å². The van der Waals surface area contributed by atoms with Gasteiger partial charge in [0.25, 0.3) is 0 Å². The predicted molar refractivity (Wildman–Crippen MR) is 141 cm³/mol. The van der Waals surface area contributed by atoms with E-state index in [1.807, 2.05) is 54.7 Å². The molecule has 5 rings (SSSR count). The van der Waals surface area contributed by atoms with Gasteiger partial charge in [0.2, 0.25) is 0 Å². The van der Waals surface area contributed by atoms with E-state index < -0.39 is 0 Å². The summed E-state index contributed by atoms with van der Waals surface area (Å²) in [7, 11) is 0. The molecule has 162 valence electrons. The summed E-state index contributed by atoms with van der Waals surface area (Å²) in [5.74, 6) is 1.39. The minimum absolute atomic E-state index is 0.607. The van der Waals surface area contributed by atoms with Crippen LogP contribution in [0.4, 0.5) is 0 Å². The number of para-hydroxylation sites is 1. The van der Waals surface area contributed by atoms with E-state index in [9.17, 15) is 0 Å². The second kappa shape index (κ2) is 9.56. The molecule has 1 heterocycles. The maximum atomic E-state index is 6.49. The summed E-state index contributed by atoms with van der Waals surface area (Å²) < 4.78 is 7.00. The summed E-state index contributed by atoms with van der Waals surface area (Å²) in [5, 5.41) is 2.25. The van der Waals surface area contributed by atoms with Crippen LogP contribution in [0, 0.1) is 0 Å². The molecule has 0 N–H and O–H groups in total. The summed E-state index contributed by atoms with van der Waals surface area (Å²) in [6.07, 6.45) is 2.69. The highest BCUT2D eigenvalue weighted by Gasteiger charge is 2.14. The molecular formula is C28H18BrCl2NO. The smallest absolute Gasteiger partial charge is 0.130 e. The van der Waals surface area contributed by atoms with Gasteiger partial charge in [0, 0.05) is 21.1 Å². The zero-order chi connectivity index (χ0) is 22.8. The standard InChI is InChI=1S/C28H18BrCl2NO/c29-21-14-22(30)16-24(15-21)33-23-9-4-8-19(13-23)27-20(12-18-6-2-1-3-7-18)17-32-28-25(27)10-5-11-26(28)31/h1-11,13-17H,12H2. The number of halogens is 3. The highest BCUT2D eigenvalue weighted by molar-refractivity contribution is 9.10. The Morgan fingerprint density at radius 2 is 1.61 bits per heavy atom. The van der Waals surface area contributed by atoms with Crippen LogP contribution in [-0.4, -0.2) is 4.98 Å². The highest BCUT2D eigenvalue weighted by atomic mass is 79.9. The van der Waals surface area contributed by atoms with Crippen molar-refractivity contribution in [2.24, 2.45) is 0 Å². The molecule has 0 aliphatic heterocycles. The van der Waals surface area contributed by atoms with Crippen LogP contribution in [0.5, 0.6) is 11.5 Å². The van der Waals surface area contributed by atoms with E-state index in [1.165, 1.54) is 5.56 Å². The van der Waals surface area contributed by atoms with E-state index in [4.69, 9.17) is 27.9 Å². The van der Waals surface area contributed by atoms with Gasteiger partial charge in [-0.3, -0.25) is 4.98 Å². The van der Waals surface area contributed by atoms with Crippen LogP contribution in [0.3, 0.4) is 0 Å². The van der Waals surface area contributed by atoms with E-state index in [1.54, 1.807) is 6.07 Å². The van der Waals surface area contributed by atoms with Gasteiger partial charge in [0.15, 0.2) is 0 Å². The van der Waals surface area contributed by atoms with Crippen molar-refractivity contribution in [3.05, 3.63) is 123 Å². The third-order valence-corrected chi connectivity index (χ3v) is 6.34. The average Bonchev–Trinajstić information content (AvgIpc) is 2.79. The molecule has 0 radical (unpaired) electrons. The zero-order valence-corrected chi connectivity index (χ0v) is 20.5. The van der Waals surface area contributed by atoms with Crippen molar-refractivity contribution in [2.45, 2.75) is 6.42 Å². The maximum Gasteiger partial charge on any atom is 0.130 e. The third-order valence-electron chi connectivity index (χ3n) is 5.36. The molecule has 33 heavy (non-hydrogen) atoms. The maximum absolute atomic E-state index is 6.49.